The second-order valence-electron chi connectivity index (χ2n) is 5.93. The summed E-state index contributed by atoms with van der Waals surface area (Å²) in [5.74, 6) is -0.0805. The van der Waals surface area contributed by atoms with Crippen molar-refractivity contribution in [3.8, 4) is 5.75 Å². The molecule has 8 nitrogen and oxygen atoms in total. The SMILES string of the molecule is CCOc1ccc(S(=O)(=O)N2CCOCC2)cc1NC(=O)c1ccnc(Cl)c1. The number of pyridine rings is 1. The number of anilines is 1. The average Bonchev–Trinajstić information content (AvgIpc) is 2.70. The molecule has 1 fully saturated rings. The normalized spacial score (nSPS) is 15.2. The lowest BCUT2D eigenvalue weighted by atomic mass is 10.2. The van der Waals surface area contributed by atoms with Gasteiger partial charge in [0.2, 0.25) is 10.0 Å². The van der Waals surface area contributed by atoms with Crippen LogP contribution in [0.5, 0.6) is 5.75 Å². The highest BCUT2D eigenvalue weighted by Crippen LogP contribution is 2.30. The number of sulfonamides is 1. The largest absolute Gasteiger partial charge is 0.492 e. The fourth-order valence-electron chi connectivity index (χ4n) is 2.72. The average molecular weight is 426 g/mol. The van der Waals surface area contributed by atoms with Crippen molar-refractivity contribution in [2.24, 2.45) is 0 Å². The topological polar surface area (TPSA) is 97.8 Å². The Balaban J connectivity index is 1.92. The monoisotopic (exact) mass is 425 g/mol. The van der Waals surface area contributed by atoms with Crippen molar-refractivity contribution in [3.05, 3.63) is 47.2 Å². The third-order valence-corrected chi connectivity index (χ3v) is 6.20. The summed E-state index contributed by atoms with van der Waals surface area (Å²) >= 11 is 5.83. The van der Waals surface area contributed by atoms with E-state index < -0.39 is 15.9 Å². The van der Waals surface area contributed by atoms with Crippen LogP contribution in [0.1, 0.15) is 17.3 Å². The minimum Gasteiger partial charge on any atom is -0.492 e. The third kappa shape index (κ3) is 4.61. The number of amides is 1. The number of ether oxygens (including phenoxy) is 2. The number of morpholine rings is 1. The summed E-state index contributed by atoms with van der Waals surface area (Å²) in [7, 11) is -3.71. The number of benzene rings is 1. The van der Waals surface area contributed by atoms with Gasteiger partial charge in [0, 0.05) is 24.8 Å². The highest BCUT2D eigenvalue weighted by molar-refractivity contribution is 7.89. The van der Waals surface area contributed by atoms with Crippen molar-refractivity contribution < 1.29 is 22.7 Å². The van der Waals surface area contributed by atoms with Crippen molar-refractivity contribution in [2.75, 3.05) is 38.2 Å². The minimum atomic E-state index is -3.71. The van der Waals surface area contributed by atoms with Crippen molar-refractivity contribution in [1.82, 2.24) is 9.29 Å². The van der Waals surface area contributed by atoms with E-state index >= 15 is 0 Å². The van der Waals surface area contributed by atoms with Gasteiger partial charge in [-0.3, -0.25) is 4.79 Å². The number of carbonyl (C=O) groups excluding carboxylic acids is 1. The molecule has 1 aromatic carbocycles. The summed E-state index contributed by atoms with van der Waals surface area (Å²) in [6.07, 6.45) is 1.42. The lowest BCUT2D eigenvalue weighted by Gasteiger charge is -2.26. The Kier molecular flexibility index (Phi) is 6.50. The zero-order valence-electron chi connectivity index (χ0n) is 15.2. The summed E-state index contributed by atoms with van der Waals surface area (Å²) in [4.78, 5) is 16.5. The van der Waals surface area contributed by atoms with Crippen LogP contribution in [0.2, 0.25) is 5.15 Å². The van der Waals surface area contributed by atoms with Crippen LogP contribution in [-0.4, -0.2) is 56.5 Å². The molecule has 1 aromatic heterocycles. The van der Waals surface area contributed by atoms with Gasteiger partial charge in [0.05, 0.1) is 30.4 Å². The van der Waals surface area contributed by atoms with Crippen LogP contribution < -0.4 is 10.1 Å². The van der Waals surface area contributed by atoms with Gasteiger partial charge in [-0.1, -0.05) is 11.6 Å². The standard InChI is InChI=1S/C18H20ClN3O5S/c1-2-27-16-4-3-14(28(24,25)22-7-9-26-10-8-22)12-15(16)21-18(23)13-5-6-20-17(19)11-13/h3-6,11-12H,2,7-10H2,1H3,(H,21,23). The number of hydrogen-bond donors (Lipinski definition) is 1. The van der Waals surface area contributed by atoms with Gasteiger partial charge < -0.3 is 14.8 Å². The molecule has 1 N–H and O–H groups in total. The van der Waals surface area contributed by atoms with Gasteiger partial charge >= 0.3 is 0 Å². The molecule has 0 radical (unpaired) electrons. The van der Waals surface area contributed by atoms with E-state index in [-0.39, 0.29) is 28.8 Å². The van der Waals surface area contributed by atoms with Crippen LogP contribution in [0, 0.1) is 0 Å². The molecule has 0 spiro atoms. The smallest absolute Gasteiger partial charge is 0.255 e. The lowest BCUT2D eigenvalue weighted by molar-refractivity contribution is 0.0730. The van der Waals surface area contributed by atoms with Crippen molar-refractivity contribution >= 4 is 33.2 Å². The Bertz CT molecular complexity index is 961. The zero-order chi connectivity index (χ0) is 20.1. The van der Waals surface area contributed by atoms with Crippen molar-refractivity contribution in [2.45, 2.75) is 11.8 Å². The number of halogens is 1. The molecule has 0 bridgehead atoms. The number of carbonyl (C=O) groups is 1. The predicted octanol–water partition coefficient (Wildman–Crippen LogP) is 2.41. The maximum atomic E-state index is 12.9. The quantitative estimate of drug-likeness (QED) is 0.713. The van der Waals surface area contributed by atoms with Crippen LogP contribution in [0.25, 0.3) is 0 Å². The first-order valence-corrected chi connectivity index (χ1v) is 10.5. The number of nitrogens with zero attached hydrogens (tertiary/aromatic N) is 2. The Morgan fingerprint density at radius 2 is 2.04 bits per heavy atom. The van der Waals surface area contributed by atoms with Crippen molar-refractivity contribution in [1.29, 1.82) is 0 Å². The number of aromatic nitrogens is 1. The molecule has 1 saturated heterocycles. The minimum absolute atomic E-state index is 0.0703. The molecule has 1 aliphatic heterocycles. The van der Waals surface area contributed by atoms with Crippen LogP contribution in [-0.2, 0) is 14.8 Å². The molecule has 2 aromatic rings. The van der Waals surface area contributed by atoms with Crippen LogP contribution in [0.15, 0.2) is 41.4 Å². The second kappa shape index (κ2) is 8.87. The van der Waals surface area contributed by atoms with Gasteiger partial charge in [0.25, 0.3) is 5.91 Å². The van der Waals surface area contributed by atoms with E-state index in [1.807, 2.05) is 0 Å². The van der Waals surface area contributed by atoms with Gasteiger partial charge in [0.1, 0.15) is 10.9 Å². The fraction of sp³-hybridized carbons (Fsp3) is 0.333. The number of nitrogens with one attached hydrogen (secondary N) is 1. The lowest BCUT2D eigenvalue weighted by Crippen LogP contribution is -2.40. The third-order valence-electron chi connectivity index (χ3n) is 4.10. The molecule has 10 heteroatoms. The molecule has 3 rings (SSSR count). The van der Waals surface area contributed by atoms with E-state index in [0.29, 0.717) is 31.1 Å². The zero-order valence-corrected chi connectivity index (χ0v) is 16.8. The molecular weight excluding hydrogens is 406 g/mol. The van der Waals surface area contributed by atoms with E-state index in [4.69, 9.17) is 21.1 Å². The first kappa shape index (κ1) is 20.5. The highest BCUT2D eigenvalue weighted by Gasteiger charge is 2.27. The Morgan fingerprint density at radius 1 is 1.29 bits per heavy atom. The van der Waals surface area contributed by atoms with Gasteiger partial charge in [-0.25, -0.2) is 13.4 Å². The van der Waals surface area contributed by atoms with E-state index in [1.165, 1.54) is 40.8 Å². The van der Waals surface area contributed by atoms with Gasteiger partial charge in [-0.2, -0.15) is 4.31 Å². The summed E-state index contributed by atoms with van der Waals surface area (Å²) in [5.41, 5.74) is 0.554. The first-order chi connectivity index (χ1) is 13.4. The Labute approximate surface area is 168 Å². The molecule has 0 aliphatic carbocycles. The molecule has 0 atom stereocenters. The number of hydrogen-bond acceptors (Lipinski definition) is 6. The maximum absolute atomic E-state index is 12.9. The van der Waals surface area contributed by atoms with E-state index in [2.05, 4.69) is 10.3 Å². The predicted molar refractivity (Wildman–Crippen MR) is 104 cm³/mol. The number of rotatable bonds is 6. The summed E-state index contributed by atoms with van der Waals surface area (Å²) in [5, 5.41) is 2.88. The van der Waals surface area contributed by atoms with E-state index in [9.17, 15) is 13.2 Å². The van der Waals surface area contributed by atoms with Crippen LogP contribution >= 0.6 is 11.6 Å². The summed E-state index contributed by atoms with van der Waals surface area (Å²) in [6.45, 7) is 3.43. The molecule has 1 amide bonds. The fourth-order valence-corrected chi connectivity index (χ4v) is 4.33. The van der Waals surface area contributed by atoms with Crippen molar-refractivity contribution in [3.63, 3.8) is 0 Å². The van der Waals surface area contributed by atoms with Crippen LogP contribution in [0.3, 0.4) is 0 Å². The molecular formula is C18H20ClN3O5S. The second-order valence-corrected chi connectivity index (χ2v) is 8.25. The molecule has 1 aliphatic rings. The molecule has 0 unspecified atom stereocenters. The van der Waals surface area contributed by atoms with Gasteiger partial charge in [0.15, 0.2) is 0 Å². The maximum Gasteiger partial charge on any atom is 0.255 e. The van der Waals surface area contributed by atoms with Crippen LogP contribution in [0.4, 0.5) is 5.69 Å². The summed E-state index contributed by atoms with van der Waals surface area (Å²) < 4.78 is 37.9. The molecule has 28 heavy (non-hydrogen) atoms. The Hall–Kier alpha value is -2.20. The van der Waals surface area contributed by atoms with Gasteiger partial charge in [-0.15, -0.1) is 0 Å². The molecule has 0 saturated carbocycles. The van der Waals surface area contributed by atoms with Gasteiger partial charge in [-0.05, 0) is 37.3 Å². The van der Waals surface area contributed by atoms with E-state index in [0.717, 1.165) is 0 Å². The first-order valence-electron chi connectivity index (χ1n) is 8.69. The Morgan fingerprint density at radius 3 is 2.71 bits per heavy atom. The van der Waals surface area contributed by atoms with E-state index in [1.54, 1.807) is 6.92 Å². The molecule has 150 valence electrons. The summed E-state index contributed by atoms with van der Waals surface area (Å²) in [6, 6.07) is 7.33. The molecule has 2 heterocycles. The highest BCUT2D eigenvalue weighted by atomic mass is 35.5.